The first-order chi connectivity index (χ1) is 14.7. The number of thiazole rings is 1. The molecule has 1 amide bonds. The quantitative estimate of drug-likeness (QED) is 0.415. The van der Waals surface area contributed by atoms with Gasteiger partial charge in [0, 0.05) is 28.6 Å². The monoisotopic (exact) mass is 414 g/mol. The predicted molar refractivity (Wildman–Crippen MR) is 122 cm³/mol. The molecule has 0 aliphatic heterocycles. The zero-order chi connectivity index (χ0) is 20.8. The summed E-state index contributed by atoms with van der Waals surface area (Å²) >= 11 is 1.63. The topological polar surface area (TPSA) is 51.2 Å². The van der Waals surface area contributed by atoms with Gasteiger partial charge < -0.3 is 10.1 Å². The SMILES string of the molecule is CCOc1cccc(C(=O)NCc2ccc(-c3nc(-c4ccccc4)cs3)cc2)c1. The summed E-state index contributed by atoms with van der Waals surface area (Å²) in [6, 6.07) is 25.5. The van der Waals surface area contributed by atoms with Gasteiger partial charge in [-0.15, -0.1) is 11.3 Å². The number of benzene rings is 3. The molecule has 1 N–H and O–H groups in total. The summed E-state index contributed by atoms with van der Waals surface area (Å²) < 4.78 is 5.46. The highest BCUT2D eigenvalue weighted by Crippen LogP contribution is 2.28. The van der Waals surface area contributed by atoms with Crippen molar-refractivity contribution in [3.8, 4) is 27.6 Å². The minimum Gasteiger partial charge on any atom is -0.494 e. The molecule has 3 aromatic carbocycles. The number of aromatic nitrogens is 1. The Bertz CT molecular complexity index is 1120. The number of hydrogen-bond acceptors (Lipinski definition) is 4. The third-order valence-corrected chi connectivity index (χ3v) is 5.53. The van der Waals surface area contributed by atoms with Gasteiger partial charge in [0.05, 0.1) is 12.3 Å². The fourth-order valence-electron chi connectivity index (χ4n) is 3.09. The number of nitrogens with one attached hydrogen (secondary N) is 1. The van der Waals surface area contributed by atoms with E-state index in [2.05, 4.69) is 22.8 Å². The average Bonchev–Trinajstić information content (AvgIpc) is 3.29. The van der Waals surface area contributed by atoms with Crippen molar-refractivity contribution < 1.29 is 9.53 Å². The first-order valence-electron chi connectivity index (χ1n) is 9.84. The minimum absolute atomic E-state index is 0.118. The van der Waals surface area contributed by atoms with E-state index in [1.807, 2.05) is 61.5 Å². The zero-order valence-electron chi connectivity index (χ0n) is 16.7. The van der Waals surface area contributed by atoms with Crippen molar-refractivity contribution in [3.05, 3.63) is 95.4 Å². The Labute approximate surface area is 180 Å². The molecule has 0 bridgehead atoms. The molecule has 4 nitrogen and oxygen atoms in total. The van der Waals surface area contributed by atoms with Crippen LogP contribution in [0.5, 0.6) is 5.75 Å². The van der Waals surface area contributed by atoms with Crippen LogP contribution in [0.2, 0.25) is 0 Å². The second kappa shape index (κ2) is 9.37. The Balaban J connectivity index is 1.39. The van der Waals surface area contributed by atoms with Gasteiger partial charge in [0.25, 0.3) is 5.91 Å². The lowest BCUT2D eigenvalue weighted by atomic mass is 10.1. The largest absolute Gasteiger partial charge is 0.494 e. The van der Waals surface area contributed by atoms with Crippen molar-refractivity contribution in [3.63, 3.8) is 0 Å². The van der Waals surface area contributed by atoms with E-state index >= 15 is 0 Å². The van der Waals surface area contributed by atoms with Gasteiger partial charge in [-0.2, -0.15) is 0 Å². The van der Waals surface area contributed by atoms with Gasteiger partial charge >= 0.3 is 0 Å². The molecule has 150 valence electrons. The fourth-order valence-corrected chi connectivity index (χ4v) is 3.93. The Morgan fingerprint density at radius 1 is 0.967 bits per heavy atom. The molecule has 4 rings (SSSR count). The summed E-state index contributed by atoms with van der Waals surface area (Å²) in [5.74, 6) is 0.584. The molecule has 0 atom stereocenters. The molecule has 0 unspecified atom stereocenters. The molecule has 5 heteroatoms. The van der Waals surface area contributed by atoms with Crippen LogP contribution in [0.1, 0.15) is 22.8 Å². The smallest absolute Gasteiger partial charge is 0.251 e. The number of rotatable bonds is 7. The van der Waals surface area contributed by atoms with E-state index in [4.69, 9.17) is 9.72 Å². The third kappa shape index (κ3) is 4.75. The molecular weight excluding hydrogens is 392 g/mol. The molecule has 0 saturated carbocycles. The Kier molecular flexibility index (Phi) is 6.20. The molecule has 0 fully saturated rings. The second-order valence-corrected chi connectivity index (χ2v) is 7.60. The van der Waals surface area contributed by atoms with Gasteiger partial charge in [-0.3, -0.25) is 4.79 Å². The van der Waals surface area contributed by atoms with Crippen LogP contribution >= 0.6 is 11.3 Å². The summed E-state index contributed by atoms with van der Waals surface area (Å²) in [7, 11) is 0. The van der Waals surface area contributed by atoms with E-state index in [0.717, 1.165) is 27.4 Å². The minimum atomic E-state index is -0.118. The number of carbonyl (C=O) groups is 1. The zero-order valence-corrected chi connectivity index (χ0v) is 17.5. The van der Waals surface area contributed by atoms with Crippen molar-refractivity contribution in [1.29, 1.82) is 0 Å². The Hall–Kier alpha value is -3.44. The summed E-state index contributed by atoms with van der Waals surface area (Å²) in [6.45, 7) is 2.96. The maximum Gasteiger partial charge on any atom is 0.251 e. The average molecular weight is 415 g/mol. The van der Waals surface area contributed by atoms with Crippen LogP contribution in [0.25, 0.3) is 21.8 Å². The standard InChI is InChI=1S/C25H22N2O2S/c1-2-29-22-10-6-9-21(15-22)24(28)26-16-18-11-13-20(14-12-18)25-27-23(17-30-25)19-7-4-3-5-8-19/h3-15,17H,2,16H2,1H3,(H,26,28). The Morgan fingerprint density at radius 2 is 1.77 bits per heavy atom. The maximum atomic E-state index is 12.4. The highest BCUT2D eigenvalue weighted by Gasteiger charge is 2.08. The molecule has 1 aromatic heterocycles. The fraction of sp³-hybridized carbons (Fsp3) is 0.120. The molecule has 0 saturated heterocycles. The third-order valence-electron chi connectivity index (χ3n) is 4.63. The van der Waals surface area contributed by atoms with E-state index < -0.39 is 0 Å². The summed E-state index contributed by atoms with van der Waals surface area (Å²) in [6.07, 6.45) is 0. The molecular formula is C25H22N2O2S. The van der Waals surface area contributed by atoms with Gasteiger partial charge in [0.1, 0.15) is 10.8 Å². The number of ether oxygens (including phenoxy) is 1. The molecule has 0 radical (unpaired) electrons. The van der Waals surface area contributed by atoms with Gasteiger partial charge in [-0.25, -0.2) is 4.98 Å². The lowest BCUT2D eigenvalue weighted by Gasteiger charge is -2.08. The van der Waals surface area contributed by atoms with E-state index in [9.17, 15) is 4.79 Å². The predicted octanol–water partition coefficient (Wildman–Crippen LogP) is 5.81. The van der Waals surface area contributed by atoms with Crippen molar-refractivity contribution in [2.45, 2.75) is 13.5 Å². The first kappa shape index (κ1) is 19.9. The number of carbonyl (C=O) groups excluding carboxylic acids is 1. The molecule has 0 spiro atoms. The van der Waals surface area contributed by atoms with Crippen molar-refractivity contribution in [2.24, 2.45) is 0 Å². The molecule has 0 aliphatic rings. The number of amides is 1. The summed E-state index contributed by atoms with van der Waals surface area (Å²) in [4.78, 5) is 17.2. The number of hydrogen-bond donors (Lipinski definition) is 1. The van der Waals surface area contributed by atoms with Crippen LogP contribution in [-0.2, 0) is 6.54 Å². The lowest BCUT2D eigenvalue weighted by molar-refractivity contribution is 0.0950. The van der Waals surface area contributed by atoms with Crippen molar-refractivity contribution in [1.82, 2.24) is 10.3 Å². The molecule has 0 aliphatic carbocycles. The van der Waals surface area contributed by atoms with Crippen LogP contribution in [-0.4, -0.2) is 17.5 Å². The summed E-state index contributed by atoms with van der Waals surface area (Å²) in [5.41, 5.74) is 4.80. The first-order valence-corrected chi connectivity index (χ1v) is 10.7. The van der Waals surface area contributed by atoms with Crippen LogP contribution in [0.4, 0.5) is 0 Å². The van der Waals surface area contributed by atoms with E-state index in [-0.39, 0.29) is 5.91 Å². The van der Waals surface area contributed by atoms with Crippen LogP contribution in [0.3, 0.4) is 0 Å². The molecule has 1 heterocycles. The second-order valence-electron chi connectivity index (χ2n) is 6.74. The van der Waals surface area contributed by atoms with Crippen LogP contribution in [0, 0.1) is 0 Å². The van der Waals surface area contributed by atoms with Crippen LogP contribution in [0.15, 0.2) is 84.2 Å². The van der Waals surface area contributed by atoms with E-state index in [1.54, 1.807) is 23.5 Å². The van der Waals surface area contributed by atoms with Gasteiger partial charge in [-0.05, 0) is 30.7 Å². The van der Waals surface area contributed by atoms with Gasteiger partial charge in [0.2, 0.25) is 0 Å². The lowest BCUT2D eigenvalue weighted by Crippen LogP contribution is -2.22. The van der Waals surface area contributed by atoms with Gasteiger partial charge in [-0.1, -0.05) is 60.7 Å². The summed E-state index contributed by atoms with van der Waals surface area (Å²) in [5, 5.41) is 6.02. The number of nitrogens with zero attached hydrogens (tertiary/aromatic N) is 1. The molecule has 4 aromatic rings. The van der Waals surface area contributed by atoms with Gasteiger partial charge in [0.15, 0.2) is 0 Å². The van der Waals surface area contributed by atoms with Crippen molar-refractivity contribution >= 4 is 17.2 Å². The normalized spacial score (nSPS) is 10.6. The highest BCUT2D eigenvalue weighted by molar-refractivity contribution is 7.13. The van der Waals surface area contributed by atoms with Crippen molar-refractivity contribution in [2.75, 3.05) is 6.61 Å². The maximum absolute atomic E-state index is 12.4. The Morgan fingerprint density at radius 3 is 2.53 bits per heavy atom. The van der Waals surface area contributed by atoms with E-state index in [1.165, 1.54) is 0 Å². The highest BCUT2D eigenvalue weighted by atomic mass is 32.1. The van der Waals surface area contributed by atoms with E-state index in [0.29, 0.717) is 24.5 Å². The van der Waals surface area contributed by atoms with Crippen LogP contribution < -0.4 is 10.1 Å². The molecule has 30 heavy (non-hydrogen) atoms.